The molecule has 1 amide bonds. The number of fused-ring (bicyclic) bond motifs is 4. The van der Waals surface area contributed by atoms with Gasteiger partial charge in [-0.15, -0.1) is 0 Å². The van der Waals surface area contributed by atoms with Gasteiger partial charge in [-0.2, -0.15) is 9.97 Å². The van der Waals surface area contributed by atoms with Crippen molar-refractivity contribution in [2.75, 3.05) is 19.7 Å². The second-order valence-electron chi connectivity index (χ2n) is 11.9. The molecule has 8 nitrogen and oxygen atoms in total. The highest BCUT2D eigenvalue weighted by molar-refractivity contribution is 6.30. The summed E-state index contributed by atoms with van der Waals surface area (Å²) in [5.74, 6) is -0.738. The number of ether oxygens (including phenoxy) is 2. The number of halogens is 3. The van der Waals surface area contributed by atoms with Crippen molar-refractivity contribution in [1.29, 1.82) is 0 Å². The van der Waals surface area contributed by atoms with Crippen molar-refractivity contribution in [1.82, 2.24) is 24.8 Å². The van der Waals surface area contributed by atoms with Crippen LogP contribution in [0, 0.1) is 5.82 Å². The average Bonchev–Trinajstić information content (AvgIpc) is 3.46. The van der Waals surface area contributed by atoms with Crippen LogP contribution in [0.5, 0.6) is 6.01 Å². The number of aromatic nitrogens is 3. The molecule has 0 spiro atoms. The van der Waals surface area contributed by atoms with Crippen molar-refractivity contribution in [3.05, 3.63) is 28.9 Å². The molecular formula is C27H32ClF2N5O3. The van der Waals surface area contributed by atoms with Crippen LogP contribution in [0.4, 0.5) is 13.6 Å². The normalized spacial score (nSPS) is 29.1. The van der Waals surface area contributed by atoms with Crippen LogP contribution in [0.1, 0.15) is 65.0 Å². The largest absolute Gasteiger partial charge is 0.461 e. The van der Waals surface area contributed by atoms with Crippen molar-refractivity contribution >= 4 is 34.2 Å². The van der Waals surface area contributed by atoms with Crippen molar-refractivity contribution < 1.29 is 23.0 Å². The Hall–Kier alpha value is -2.59. The van der Waals surface area contributed by atoms with Gasteiger partial charge in [0.15, 0.2) is 11.0 Å². The van der Waals surface area contributed by atoms with Crippen molar-refractivity contribution in [3.8, 4) is 6.01 Å². The third-order valence-corrected chi connectivity index (χ3v) is 8.42. The number of amides is 1. The average molecular weight is 548 g/mol. The maximum Gasteiger partial charge on any atom is 0.411 e. The molecule has 0 N–H and O–H groups in total. The van der Waals surface area contributed by atoms with Crippen LogP contribution in [0.15, 0.2) is 12.3 Å². The van der Waals surface area contributed by atoms with Gasteiger partial charge in [0.2, 0.25) is 0 Å². The van der Waals surface area contributed by atoms with E-state index < -0.39 is 17.6 Å². The summed E-state index contributed by atoms with van der Waals surface area (Å²) in [5, 5.41) is 0.152. The second kappa shape index (κ2) is 9.26. The Balaban J connectivity index is 1.34. The van der Waals surface area contributed by atoms with Crippen LogP contribution in [0.2, 0.25) is 5.15 Å². The van der Waals surface area contributed by atoms with Crippen LogP contribution in [0.3, 0.4) is 0 Å². The van der Waals surface area contributed by atoms with E-state index in [0.29, 0.717) is 30.5 Å². The van der Waals surface area contributed by atoms with E-state index in [-0.39, 0.29) is 47.0 Å². The number of pyridine rings is 1. The molecule has 2 bridgehead atoms. The number of rotatable bonds is 4. The van der Waals surface area contributed by atoms with E-state index in [1.807, 2.05) is 26.8 Å². The molecule has 6 rings (SSSR count). The highest BCUT2D eigenvalue weighted by Gasteiger charge is 2.49. The molecule has 2 aromatic heterocycles. The number of carbonyl (C=O) groups excluding carboxylic acids is 1. The molecule has 3 fully saturated rings. The third kappa shape index (κ3) is 4.49. The van der Waals surface area contributed by atoms with Gasteiger partial charge in [-0.1, -0.05) is 17.7 Å². The van der Waals surface area contributed by atoms with Crippen LogP contribution in [-0.4, -0.2) is 79.9 Å². The molecule has 0 unspecified atom stereocenters. The predicted octanol–water partition coefficient (Wildman–Crippen LogP) is 5.33. The second-order valence-corrected chi connectivity index (χ2v) is 12.3. The van der Waals surface area contributed by atoms with Gasteiger partial charge in [0.25, 0.3) is 0 Å². The summed E-state index contributed by atoms with van der Waals surface area (Å²) >= 11 is 6.00. The molecule has 4 atom stereocenters. The fraction of sp³-hybridized carbons (Fsp3) is 0.630. The van der Waals surface area contributed by atoms with Gasteiger partial charge in [-0.3, -0.25) is 9.80 Å². The molecule has 11 heteroatoms. The van der Waals surface area contributed by atoms with Crippen LogP contribution < -0.4 is 4.74 Å². The van der Waals surface area contributed by atoms with Crippen molar-refractivity contribution in [3.63, 3.8) is 0 Å². The van der Waals surface area contributed by atoms with E-state index in [2.05, 4.69) is 14.9 Å². The molecular weight excluding hydrogens is 516 g/mol. The van der Waals surface area contributed by atoms with Crippen LogP contribution in [-0.2, 0) is 4.74 Å². The smallest absolute Gasteiger partial charge is 0.411 e. The number of carbonyl (C=O) groups is 1. The monoisotopic (exact) mass is 547 g/mol. The van der Waals surface area contributed by atoms with Gasteiger partial charge in [-0.05, 0) is 65.0 Å². The minimum absolute atomic E-state index is 0.0278. The van der Waals surface area contributed by atoms with E-state index in [1.165, 1.54) is 6.20 Å². The molecule has 0 aromatic carbocycles. The number of hydrogen-bond acceptors (Lipinski definition) is 7. The van der Waals surface area contributed by atoms with E-state index in [0.717, 1.165) is 37.8 Å². The lowest BCUT2D eigenvalue weighted by Crippen LogP contribution is -2.45. The van der Waals surface area contributed by atoms with Gasteiger partial charge in [0.1, 0.15) is 23.9 Å². The maximum atomic E-state index is 15.1. The maximum absolute atomic E-state index is 15.1. The summed E-state index contributed by atoms with van der Waals surface area (Å²) in [4.78, 5) is 29.9. The van der Waals surface area contributed by atoms with E-state index >= 15 is 4.39 Å². The summed E-state index contributed by atoms with van der Waals surface area (Å²) in [7, 11) is 0. The summed E-state index contributed by atoms with van der Waals surface area (Å²) < 4.78 is 41.1. The quantitative estimate of drug-likeness (QED) is 0.479. The molecule has 3 saturated heterocycles. The standard InChI is InChI=1S/C27H32ClF2N5O3/c1-26(2,3)38-25(36)35-17-5-6-18(35)10-15(9-17)21-19-12-31-23(28)20(30)22(19)33-24(32-21)37-14-27-7-4-8-34(27)13-16(29)11-27/h9,12,16-18H,4-8,10-11,13-14H2,1-3H3/t16-,17+,18-,27+/m1/s1. The highest BCUT2D eigenvalue weighted by Crippen LogP contribution is 2.42. The van der Waals surface area contributed by atoms with Gasteiger partial charge in [0, 0.05) is 30.6 Å². The van der Waals surface area contributed by atoms with Crippen LogP contribution >= 0.6 is 11.6 Å². The minimum atomic E-state index is -0.884. The highest BCUT2D eigenvalue weighted by atomic mass is 35.5. The van der Waals surface area contributed by atoms with Crippen LogP contribution in [0.25, 0.3) is 16.5 Å². The Kier molecular flexibility index (Phi) is 6.26. The van der Waals surface area contributed by atoms with Crippen molar-refractivity contribution in [2.24, 2.45) is 0 Å². The first-order valence-corrected chi connectivity index (χ1v) is 13.7. The molecule has 4 aliphatic rings. The lowest BCUT2D eigenvalue weighted by molar-refractivity contribution is 0.0175. The molecule has 204 valence electrons. The Morgan fingerprint density at radius 1 is 1.29 bits per heavy atom. The summed E-state index contributed by atoms with van der Waals surface area (Å²) in [5.41, 5.74) is 0.452. The van der Waals surface area contributed by atoms with Crippen molar-refractivity contribution in [2.45, 2.75) is 88.7 Å². The Labute approximate surface area is 225 Å². The summed E-state index contributed by atoms with van der Waals surface area (Å²) in [6.45, 7) is 7.03. The molecule has 2 aromatic rings. The molecule has 0 aliphatic carbocycles. The first-order chi connectivity index (χ1) is 18.0. The first kappa shape index (κ1) is 25.7. The Morgan fingerprint density at radius 2 is 2.11 bits per heavy atom. The number of hydrogen-bond donors (Lipinski definition) is 0. The SMILES string of the molecule is CC(C)(C)OC(=O)N1[C@@H]2CC[C@H]1C=C(c1nc(OC[C@@]34CCCN3C[C@H](F)C4)nc3c(F)c(Cl)ncc13)C2. The zero-order valence-corrected chi connectivity index (χ0v) is 22.6. The van der Waals surface area contributed by atoms with E-state index in [1.54, 1.807) is 4.90 Å². The zero-order chi connectivity index (χ0) is 26.8. The predicted molar refractivity (Wildman–Crippen MR) is 138 cm³/mol. The molecule has 0 saturated carbocycles. The van der Waals surface area contributed by atoms with Gasteiger partial charge in [-0.25, -0.2) is 18.6 Å². The zero-order valence-electron chi connectivity index (χ0n) is 21.8. The van der Waals surface area contributed by atoms with E-state index in [9.17, 15) is 9.18 Å². The molecule has 4 aliphatic heterocycles. The Morgan fingerprint density at radius 3 is 2.87 bits per heavy atom. The topological polar surface area (TPSA) is 80.7 Å². The first-order valence-electron chi connectivity index (χ1n) is 13.3. The number of alkyl halides is 1. The third-order valence-electron chi connectivity index (χ3n) is 8.16. The fourth-order valence-electron chi connectivity index (χ4n) is 6.58. The number of nitrogens with zero attached hydrogens (tertiary/aromatic N) is 5. The lowest BCUT2D eigenvalue weighted by Gasteiger charge is -2.35. The molecule has 38 heavy (non-hydrogen) atoms. The minimum Gasteiger partial charge on any atom is -0.461 e. The molecule has 0 radical (unpaired) electrons. The van der Waals surface area contributed by atoms with Gasteiger partial charge < -0.3 is 9.47 Å². The fourth-order valence-corrected chi connectivity index (χ4v) is 6.71. The van der Waals surface area contributed by atoms with Gasteiger partial charge >= 0.3 is 12.1 Å². The molecule has 6 heterocycles. The van der Waals surface area contributed by atoms with E-state index in [4.69, 9.17) is 26.1 Å². The van der Waals surface area contributed by atoms with Gasteiger partial charge in [0.05, 0.1) is 17.3 Å². The lowest BCUT2D eigenvalue weighted by atomic mass is 9.95. The Bertz CT molecular complexity index is 1320. The summed E-state index contributed by atoms with van der Waals surface area (Å²) in [6.07, 6.45) is 6.67. The summed E-state index contributed by atoms with van der Waals surface area (Å²) in [6, 6.07) is -0.177.